The number of nitrogens with zero attached hydrogens (tertiary/aromatic N) is 1. The smallest absolute Gasteiger partial charge is 0.243 e. The molecule has 0 unspecified atom stereocenters. The van der Waals surface area contributed by atoms with Crippen LogP contribution in [0.4, 0.5) is 0 Å². The van der Waals surface area contributed by atoms with E-state index < -0.39 is 10.0 Å². The topological polar surface area (TPSA) is 54.5 Å². The third-order valence-corrected chi connectivity index (χ3v) is 7.17. The van der Waals surface area contributed by atoms with Gasteiger partial charge in [0.05, 0.1) is 4.90 Å². The van der Waals surface area contributed by atoms with Crippen molar-refractivity contribution in [2.24, 2.45) is 0 Å². The molecular formula is C21H24ClNO3S. The van der Waals surface area contributed by atoms with Crippen LogP contribution in [0, 0.1) is 0 Å². The van der Waals surface area contributed by atoms with Crippen molar-refractivity contribution in [3.8, 4) is 11.1 Å². The Labute approximate surface area is 166 Å². The van der Waals surface area contributed by atoms with Crippen LogP contribution < -0.4 is 0 Å². The van der Waals surface area contributed by atoms with E-state index in [4.69, 9.17) is 11.6 Å². The van der Waals surface area contributed by atoms with E-state index in [0.29, 0.717) is 35.0 Å². The first-order valence-corrected chi connectivity index (χ1v) is 11.2. The van der Waals surface area contributed by atoms with Gasteiger partial charge in [-0.3, -0.25) is 0 Å². The highest BCUT2D eigenvalue weighted by molar-refractivity contribution is 7.89. The maximum atomic E-state index is 12.9. The lowest BCUT2D eigenvalue weighted by Gasteiger charge is -2.26. The molecule has 1 saturated heterocycles. The van der Waals surface area contributed by atoms with Crippen LogP contribution in [0.1, 0.15) is 37.7 Å². The van der Waals surface area contributed by atoms with Gasteiger partial charge in [0.2, 0.25) is 10.0 Å². The zero-order chi connectivity index (χ0) is 19.3. The van der Waals surface area contributed by atoms with Crippen molar-refractivity contribution in [3.63, 3.8) is 0 Å². The summed E-state index contributed by atoms with van der Waals surface area (Å²) in [5.41, 5.74) is 2.75. The molecule has 27 heavy (non-hydrogen) atoms. The first-order valence-electron chi connectivity index (χ1n) is 9.35. The zero-order valence-corrected chi connectivity index (χ0v) is 16.8. The third-order valence-electron chi connectivity index (χ3n) is 4.94. The Morgan fingerprint density at radius 3 is 2.37 bits per heavy atom. The number of benzene rings is 2. The van der Waals surface area contributed by atoms with E-state index in [1.807, 2.05) is 24.3 Å². The summed E-state index contributed by atoms with van der Waals surface area (Å²) in [5.74, 6) is 0. The van der Waals surface area contributed by atoms with Gasteiger partial charge in [0.25, 0.3) is 0 Å². The molecule has 0 spiro atoms. The first kappa shape index (κ1) is 20.1. The standard InChI is InChI=1S/C21H24ClNO3S/c22-21-12-11-19(27(25,26)23-13-3-1-4-14-23)16-20(21)18-9-7-17(8-10-18)6-2-5-15-24/h7-12,15-16H,1-6,13-14H2. The van der Waals surface area contributed by atoms with Crippen LogP contribution in [0.15, 0.2) is 47.4 Å². The SMILES string of the molecule is O=CCCCc1ccc(-c2cc(S(=O)(=O)N3CCCCC3)ccc2Cl)cc1. The van der Waals surface area contributed by atoms with Crippen LogP contribution in [0.25, 0.3) is 11.1 Å². The highest BCUT2D eigenvalue weighted by Gasteiger charge is 2.26. The van der Waals surface area contributed by atoms with Crippen molar-refractivity contribution in [1.82, 2.24) is 4.31 Å². The van der Waals surface area contributed by atoms with Crippen LogP contribution in [-0.2, 0) is 21.2 Å². The maximum Gasteiger partial charge on any atom is 0.243 e. The summed E-state index contributed by atoms with van der Waals surface area (Å²) in [5, 5.41) is 0.529. The van der Waals surface area contributed by atoms with E-state index in [1.165, 1.54) is 0 Å². The van der Waals surface area contributed by atoms with Gasteiger partial charge in [-0.15, -0.1) is 0 Å². The highest BCUT2D eigenvalue weighted by Crippen LogP contribution is 2.32. The van der Waals surface area contributed by atoms with Crippen LogP contribution >= 0.6 is 11.6 Å². The molecule has 0 aromatic heterocycles. The van der Waals surface area contributed by atoms with Gasteiger partial charge in [0.15, 0.2) is 0 Å². The molecule has 0 radical (unpaired) electrons. The summed E-state index contributed by atoms with van der Waals surface area (Å²) in [4.78, 5) is 10.7. The van der Waals surface area contributed by atoms with E-state index in [-0.39, 0.29) is 0 Å². The predicted octanol–water partition coefficient (Wildman–Crippen LogP) is 4.70. The fourth-order valence-electron chi connectivity index (χ4n) is 3.38. The molecule has 0 saturated carbocycles. The number of piperidine rings is 1. The fourth-order valence-corrected chi connectivity index (χ4v) is 5.15. The largest absolute Gasteiger partial charge is 0.303 e. The number of hydrogen-bond acceptors (Lipinski definition) is 3. The first-order chi connectivity index (χ1) is 13.0. The minimum Gasteiger partial charge on any atom is -0.303 e. The number of carbonyl (C=O) groups is 1. The molecule has 0 N–H and O–H groups in total. The molecule has 1 fully saturated rings. The average molecular weight is 406 g/mol. The average Bonchev–Trinajstić information content (AvgIpc) is 2.70. The Balaban J connectivity index is 1.86. The number of rotatable bonds is 7. The summed E-state index contributed by atoms with van der Waals surface area (Å²) in [6.07, 6.45) is 6.06. The Morgan fingerprint density at radius 1 is 1.00 bits per heavy atom. The molecule has 2 aromatic carbocycles. The van der Waals surface area contributed by atoms with Crippen molar-refractivity contribution in [2.45, 2.75) is 43.4 Å². The second-order valence-corrected chi connectivity index (χ2v) is 9.21. The van der Waals surface area contributed by atoms with Gasteiger partial charge in [0.1, 0.15) is 6.29 Å². The maximum absolute atomic E-state index is 12.9. The molecule has 4 nitrogen and oxygen atoms in total. The summed E-state index contributed by atoms with van der Waals surface area (Å²) < 4.78 is 27.4. The Kier molecular flexibility index (Phi) is 6.68. The minimum atomic E-state index is -3.49. The lowest BCUT2D eigenvalue weighted by atomic mass is 10.0. The van der Waals surface area contributed by atoms with E-state index in [0.717, 1.165) is 49.5 Å². The molecular weight excluding hydrogens is 382 g/mol. The van der Waals surface area contributed by atoms with Crippen molar-refractivity contribution < 1.29 is 13.2 Å². The number of carbonyl (C=O) groups excluding carboxylic acids is 1. The van der Waals surface area contributed by atoms with Gasteiger partial charge in [-0.05, 0) is 55.0 Å². The van der Waals surface area contributed by atoms with Crippen molar-refractivity contribution in [1.29, 1.82) is 0 Å². The van der Waals surface area contributed by atoms with E-state index in [9.17, 15) is 13.2 Å². The number of halogens is 1. The molecule has 1 heterocycles. The number of aryl methyl sites for hydroxylation is 1. The molecule has 2 aromatic rings. The summed E-state index contributed by atoms with van der Waals surface area (Å²) in [6, 6.07) is 12.8. The Bertz CT molecular complexity index is 888. The number of hydrogen-bond donors (Lipinski definition) is 0. The molecule has 1 aliphatic heterocycles. The fraction of sp³-hybridized carbons (Fsp3) is 0.381. The van der Waals surface area contributed by atoms with Gasteiger partial charge in [-0.1, -0.05) is 42.3 Å². The second kappa shape index (κ2) is 9.00. The van der Waals surface area contributed by atoms with E-state index in [1.54, 1.807) is 22.5 Å². The predicted molar refractivity (Wildman–Crippen MR) is 108 cm³/mol. The zero-order valence-electron chi connectivity index (χ0n) is 15.2. The lowest BCUT2D eigenvalue weighted by Crippen LogP contribution is -2.35. The number of aldehydes is 1. The van der Waals surface area contributed by atoms with Gasteiger partial charge in [-0.25, -0.2) is 8.42 Å². The quantitative estimate of drug-likeness (QED) is 0.495. The summed E-state index contributed by atoms with van der Waals surface area (Å²) in [7, 11) is -3.49. The molecule has 1 aliphatic rings. The van der Waals surface area contributed by atoms with Gasteiger partial charge < -0.3 is 4.79 Å². The third kappa shape index (κ3) is 4.78. The molecule has 144 valence electrons. The Morgan fingerprint density at radius 2 is 1.70 bits per heavy atom. The second-order valence-electron chi connectivity index (χ2n) is 6.86. The molecule has 6 heteroatoms. The van der Waals surface area contributed by atoms with E-state index in [2.05, 4.69) is 0 Å². The summed E-state index contributed by atoms with van der Waals surface area (Å²) in [6.45, 7) is 1.16. The normalized spacial score (nSPS) is 15.6. The van der Waals surface area contributed by atoms with Crippen LogP contribution in [0.5, 0.6) is 0 Å². The van der Waals surface area contributed by atoms with Gasteiger partial charge in [0, 0.05) is 30.1 Å². The highest BCUT2D eigenvalue weighted by atomic mass is 35.5. The van der Waals surface area contributed by atoms with Crippen LogP contribution in [0.2, 0.25) is 5.02 Å². The van der Waals surface area contributed by atoms with Gasteiger partial charge >= 0.3 is 0 Å². The van der Waals surface area contributed by atoms with Crippen LogP contribution in [0.3, 0.4) is 0 Å². The van der Waals surface area contributed by atoms with Crippen molar-refractivity contribution in [2.75, 3.05) is 13.1 Å². The monoisotopic (exact) mass is 405 g/mol. The molecule has 0 amide bonds. The minimum absolute atomic E-state index is 0.291. The van der Waals surface area contributed by atoms with Crippen LogP contribution in [-0.4, -0.2) is 32.1 Å². The number of unbranched alkanes of at least 4 members (excludes halogenated alkanes) is 1. The van der Waals surface area contributed by atoms with E-state index >= 15 is 0 Å². The molecule has 0 atom stereocenters. The lowest BCUT2D eigenvalue weighted by molar-refractivity contribution is -0.107. The molecule has 0 bridgehead atoms. The van der Waals surface area contributed by atoms with Crippen molar-refractivity contribution >= 4 is 27.9 Å². The molecule has 3 rings (SSSR count). The summed E-state index contributed by atoms with van der Waals surface area (Å²) >= 11 is 6.36. The van der Waals surface area contributed by atoms with Gasteiger partial charge in [-0.2, -0.15) is 4.31 Å². The van der Waals surface area contributed by atoms with Crippen molar-refractivity contribution in [3.05, 3.63) is 53.1 Å². The Hall–Kier alpha value is -1.69. The number of sulfonamides is 1. The molecule has 0 aliphatic carbocycles.